The zero-order chi connectivity index (χ0) is 16.7. The van der Waals surface area contributed by atoms with Gasteiger partial charge < -0.3 is 9.47 Å². The number of benzene rings is 1. The zero-order valence-corrected chi connectivity index (χ0v) is 13.7. The fraction of sp³-hybridized carbons (Fsp3) is 0.529. The van der Waals surface area contributed by atoms with E-state index >= 15 is 0 Å². The molecule has 23 heavy (non-hydrogen) atoms. The zero-order valence-electron chi connectivity index (χ0n) is 13.7. The highest BCUT2D eigenvalue weighted by Gasteiger charge is 2.32. The van der Waals surface area contributed by atoms with Gasteiger partial charge in [-0.25, -0.2) is 0 Å². The van der Waals surface area contributed by atoms with Crippen molar-refractivity contribution in [1.29, 1.82) is 0 Å². The quantitative estimate of drug-likeness (QED) is 0.726. The van der Waals surface area contributed by atoms with E-state index in [0.717, 1.165) is 32.7 Å². The van der Waals surface area contributed by atoms with Gasteiger partial charge >= 0.3 is 11.9 Å². The molecule has 0 aliphatic carbocycles. The third-order valence-electron chi connectivity index (χ3n) is 4.16. The van der Waals surface area contributed by atoms with Crippen LogP contribution in [-0.2, 0) is 25.6 Å². The van der Waals surface area contributed by atoms with Crippen LogP contribution in [0.3, 0.4) is 0 Å². The van der Waals surface area contributed by atoms with E-state index in [4.69, 9.17) is 4.74 Å². The fourth-order valence-corrected chi connectivity index (χ4v) is 2.81. The summed E-state index contributed by atoms with van der Waals surface area (Å²) in [6, 6.07) is 9.74. The first-order valence-corrected chi connectivity index (χ1v) is 7.79. The molecule has 0 amide bonds. The minimum atomic E-state index is -0.564. The number of hydrogen-bond donors (Lipinski definition) is 0. The Hall–Kier alpha value is -1.92. The summed E-state index contributed by atoms with van der Waals surface area (Å²) in [6.45, 7) is 4.05. The highest BCUT2D eigenvalue weighted by atomic mass is 16.5. The maximum atomic E-state index is 11.9. The monoisotopic (exact) mass is 320 g/mol. The first kappa shape index (κ1) is 17.4. The van der Waals surface area contributed by atoms with Crippen molar-refractivity contribution in [3.8, 4) is 0 Å². The summed E-state index contributed by atoms with van der Waals surface area (Å²) in [7, 11) is 2.67. The number of carbonyl (C=O) groups excluding carboxylic acids is 2. The fourth-order valence-electron chi connectivity index (χ4n) is 2.81. The van der Waals surface area contributed by atoms with Gasteiger partial charge in [-0.3, -0.25) is 19.4 Å². The van der Waals surface area contributed by atoms with E-state index in [9.17, 15) is 9.59 Å². The second-order valence-electron chi connectivity index (χ2n) is 5.62. The third kappa shape index (κ3) is 5.04. The third-order valence-corrected chi connectivity index (χ3v) is 4.16. The molecule has 1 aromatic carbocycles. The van der Waals surface area contributed by atoms with E-state index in [0.29, 0.717) is 0 Å². The lowest BCUT2D eigenvalue weighted by molar-refractivity contribution is -0.154. The second kappa shape index (κ2) is 8.64. The molecule has 0 N–H and O–H groups in total. The van der Waals surface area contributed by atoms with E-state index < -0.39 is 12.0 Å². The van der Waals surface area contributed by atoms with E-state index in [1.54, 1.807) is 0 Å². The molecule has 1 aromatic rings. The smallest absolute Gasteiger partial charge is 0.323 e. The van der Waals surface area contributed by atoms with Crippen molar-refractivity contribution in [3.63, 3.8) is 0 Å². The Morgan fingerprint density at radius 3 is 2.26 bits per heavy atom. The Labute approximate surface area is 137 Å². The summed E-state index contributed by atoms with van der Waals surface area (Å²) < 4.78 is 9.51. The molecule has 6 heteroatoms. The molecular formula is C17H24N2O4. The molecule has 2 rings (SSSR count). The van der Waals surface area contributed by atoms with Gasteiger partial charge in [0.2, 0.25) is 0 Å². The largest absolute Gasteiger partial charge is 0.469 e. The van der Waals surface area contributed by atoms with Crippen molar-refractivity contribution in [2.45, 2.75) is 19.0 Å². The molecular weight excluding hydrogens is 296 g/mol. The predicted octanol–water partition coefficient (Wildman–Crippen LogP) is 0.909. The molecule has 1 heterocycles. The normalized spacial score (nSPS) is 17.5. The van der Waals surface area contributed by atoms with E-state index in [-0.39, 0.29) is 12.4 Å². The summed E-state index contributed by atoms with van der Waals surface area (Å²) in [5, 5.41) is 0. The first-order valence-electron chi connectivity index (χ1n) is 7.79. The number of ether oxygens (including phenoxy) is 2. The maximum Gasteiger partial charge on any atom is 0.323 e. The van der Waals surface area contributed by atoms with Crippen molar-refractivity contribution in [1.82, 2.24) is 9.80 Å². The van der Waals surface area contributed by atoms with Crippen LogP contribution >= 0.6 is 0 Å². The molecule has 126 valence electrons. The Morgan fingerprint density at radius 2 is 1.70 bits per heavy atom. The van der Waals surface area contributed by atoms with Crippen LogP contribution in [0, 0.1) is 0 Å². The van der Waals surface area contributed by atoms with Crippen LogP contribution in [0.25, 0.3) is 0 Å². The summed E-state index contributed by atoms with van der Waals surface area (Å²) in [4.78, 5) is 27.8. The lowest BCUT2D eigenvalue weighted by Gasteiger charge is -2.37. The molecule has 0 aromatic heterocycles. The number of methoxy groups -OCH3 is 2. The average Bonchev–Trinajstić information content (AvgIpc) is 2.60. The van der Waals surface area contributed by atoms with Gasteiger partial charge in [-0.05, 0) is 5.56 Å². The van der Waals surface area contributed by atoms with Crippen LogP contribution in [0.5, 0.6) is 0 Å². The minimum absolute atomic E-state index is 0.0296. The van der Waals surface area contributed by atoms with Crippen LogP contribution in [0.15, 0.2) is 30.3 Å². The number of nitrogens with zero attached hydrogens (tertiary/aromatic N) is 2. The summed E-state index contributed by atoms with van der Waals surface area (Å²) in [5.74, 6) is -0.779. The summed E-state index contributed by atoms with van der Waals surface area (Å²) in [6.07, 6.45) is 0.0296. The highest BCUT2D eigenvalue weighted by molar-refractivity contribution is 5.82. The van der Waals surface area contributed by atoms with Crippen LogP contribution in [0.1, 0.15) is 12.0 Å². The van der Waals surface area contributed by atoms with Crippen LogP contribution in [0.2, 0.25) is 0 Å². The molecule has 1 atom stereocenters. The SMILES string of the molecule is COC(=O)CC(C(=O)OC)N1CCN(Cc2ccccc2)CC1. The second-order valence-corrected chi connectivity index (χ2v) is 5.62. The Balaban J connectivity index is 1.90. The lowest BCUT2D eigenvalue weighted by Crippen LogP contribution is -2.53. The average molecular weight is 320 g/mol. The Kier molecular flexibility index (Phi) is 6.55. The van der Waals surface area contributed by atoms with Crippen LogP contribution < -0.4 is 0 Å². The van der Waals surface area contributed by atoms with Gasteiger partial charge in [0.15, 0.2) is 0 Å². The van der Waals surface area contributed by atoms with E-state index in [2.05, 4.69) is 21.8 Å². The van der Waals surface area contributed by atoms with E-state index in [1.807, 2.05) is 23.1 Å². The van der Waals surface area contributed by atoms with Gasteiger partial charge in [0.1, 0.15) is 6.04 Å². The van der Waals surface area contributed by atoms with Gasteiger partial charge in [0.25, 0.3) is 0 Å². The van der Waals surface area contributed by atoms with E-state index in [1.165, 1.54) is 19.8 Å². The van der Waals surface area contributed by atoms with Crippen LogP contribution in [0.4, 0.5) is 0 Å². The molecule has 0 radical (unpaired) electrons. The Morgan fingerprint density at radius 1 is 1.04 bits per heavy atom. The lowest BCUT2D eigenvalue weighted by atomic mass is 10.1. The van der Waals surface area contributed by atoms with Crippen molar-refractivity contribution in [3.05, 3.63) is 35.9 Å². The van der Waals surface area contributed by atoms with Crippen LogP contribution in [-0.4, -0.2) is 68.2 Å². The molecule has 0 spiro atoms. The van der Waals surface area contributed by atoms with Crippen molar-refractivity contribution in [2.24, 2.45) is 0 Å². The minimum Gasteiger partial charge on any atom is -0.469 e. The van der Waals surface area contributed by atoms with Gasteiger partial charge in [0.05, 0.1) is 20.6 Å². The molecule has 1 aliphatic rings. The van der Waals surface area contributed by atoms with Gasteiger partial charge in [0, 0.05) is 32.7 Å². The van der Waals surface area contributed by atoms with Gasteiger partial charge in [-0.2, -0.15) is 0 Å². The molecule has 1 saturated heterocycles. The standard InChI is InChI=1S/C17H24N2O4/c1-22-16(20)12-15(17(21)23-2)19-10-8-18(9-11-19)13-14-6-4-3-5-7-14/h3-7,15H,8-13H2,1-2H3. The molecule has 0 saturated carbocycles. The molecule has 1 fully saturated rings. The first-order chi connectivity index (χ1) is 11.1. The topological polar surface area (TPSA) is 59.1 Å². The predicted molar refractivity (Wildman–Crippen MR) is 85.7 cm³/mol. The summed E-state index contributed by atoms with van der Waals surface area (Å²) in [5.41, 5.74) is 1.28. The number of carbonyl (C=O) groups is 2. The van der Waals surface area contributed by atoms with Crippen molar-refractivity contribution < 1.29 is 19.1 Å². The number of rotatable bonds is 6. The number of hydrogen-bond acceptors (Lipinski definition) is 6. The summed E-state index contributed by atoms with van der Waals surface area (Å²) >= 11 is 0. The van der Waals surface area contributed by atoms with Gasteiger partial charge in [-0.15, -0.1) is 0 Å². The van der Waals surface area contributed by atoms with Gasteiger partial charge in [-0.1, -0.05) is 30.3 Å². The molecule has 1 aliphatic heterocycles. The maximum absolute atomic E-state index is 11.9. The highest BCUT2D eigenvalue weighted by Crippen LogP contribution is 2.14. The number of piperazine rings is 1. The van der Waals surface area contributed by atoms with Crippen molar-refractivity contribution in [2.75, 3.05) is 40.4 Å². The Bertz CT molecular complexity index is 513. The van der Waals surface area contributed by atoms with Crippen molar-refractivity contribution >= 4 is 11.9 Å². The molecule has 1 unspecified atom stereocenters. The molecule has 6 nitrogen and oxygen atoms in total. The number of esters is 2. The molecule has 0 bridgehead atoms.